The molecule has 9 nitrogen and oxygen atoms in total. The van der Waals surface area contributed by atoms with Gasteiger partial charge < -0.3 is 19.9 Å². The van der Waals surface area contributed by atoms with Gasteiger partial charge in [0, 0.05) is 0 Å². The molecule has 1 saturated heterocycles. The van der Waals surface area contributed by atoms with Crippen molar-refractivity contribution in [1.82, 2.24) is 19.5 Å². The first-order chi connectivity index (χ1) is 9.13. The molecular weight excluding hydrogens is 256 g/mol. The molecular formula is C10H10N4O5. The standard InChI is InChI=1S/C10H10N4O5/c15-1-4-6(16)7(17)10(19-4)14-3-13-5-8(14)11-2-12-9(5)18/h2-4,6,10,15-16H,1H2,(H,11,12,18). The molecule has 100 valence electrons. The third-order valence-corrected chi connectivity index (χ3v) is 2.99. The summed E-state index contributed by atoms with van der Waals surface area (Å²) >= 11 is 0. The summed E-state index contributed by atoms with van der Waals surface area (Å²) in [5.41, 5.74) is -0.192. The highest BCUT2D eigenvalue weighted by atomic mass is 16.5. The number of hydrogen-bond acceptors (Lipinski definition) is 7. The molecule has 9 heteroatoms. The van der Waals surface area contributed by atoms with Crippen molar-refractivity contribution in [2.45, 2.75) is 18.4 Å². The fraction of sp³-hybridized carbons (Fsp3) is 0.400. The second-order valence-electron chi connectivity index (χ2n) is 4.11. The van der Waals surface area contributed by atoms with Crippen LogP contribution in [0.1, 0.15) is 6.23 Å². The van der Waals surface area contributed by atoms with Crippen LogP contribution in [0.4, 0.5) is 0 Å². The van der Waals surface area contributed by atoms with E-state index in [1.165, 1.54) is 17.2 Å². The third-order valence-electron chi connectivity index (χ3n) is 2.99. The van der Waals surface area contributed by atoms with Crippen molar-refractivity contribution in [3.8, 4) is 0 Å². The SMILES string of the molecule is O=C1C(O)C(CO)OC1n1cnc2c(=O)[nH]cnc21. The van der Waals surface area contributed by atoms with Crippen LogP contribution in [0.3, 0.4) is 0 Å². The Hall–Kier alpha value is -2.10. The summed E-state index contributed by atoms with van der Waals surface area (Å²) in [5, 5.41) is 18.6. The lowest BCUT2D eigenvalue weighted by atomic mass is 10.2. The van der Waals surface area contributed by atoms with Gasteiger partial charge in [0.05, 0.1) is 19.3 Å². The Morgan fingerprint density at radius 1 is 1.42 bits per heavy atom. The molecule has 3 atom stereocenters. The van der Waals surface area contributed by atoms with E-state index in [1.807, 2.05) is 0 Å². The van der Waals surface area contributed by atoms with Crippen molar-refractivity contribution in [3.63, 3.8) is 0 Å². The number of H-pyrrole nitrogens is 1. The van der Waals surface area contributed by atoms with Crippen LogP contribution in [0.5, 0.6) is 0 Å². The highest BCUT2D eigenvalue weighted by Crippen LogP contribution is 2.26. The lowest BCUT2D eigenvalue weighted by molar-refractivity contribution is -0.130. The van der Waals surface area contributed by atoms with Crippen molar-refractivity contribution in [2.24, 2.45) is 0 Å². The Morgan fingerprint density at radius 2 is 2.21 bits per heavy atom. The number of Topliss-reactive ketones (excluding diaryl/α,β-unsaturated/α-hetero) is 1. The number of carbonyl (C=O) groups is 1. The number of aromatic nitrogens is 4. The largest absolute Gasteiger partial charge is 0.394 e. The smallest absolute Gasteiger partial charge is 0.278 e. The summed E-state index contributed by atoms with van der Waals surface area (Å²) in [6.07, 6.45) is -1.12. The summed E-state index contributed by atoms with van der Waals surface area (Å²) in [7, 11) is 0. The molecule has 3 N–H and O–H groups in total. The predicted molar refractivity (Wildman–Crippen MR) is 60.2 cm³/mol. The number of hydrogen-bond donors (Lipinski definition) is 3. The maximum Gasteiger partial charge on any atom is 0.278 e. The number of imidazole rings is 1. The Balaban J connectivity index is 2.09. The van der Waals surface area contributed by atoms with E-state index >= 15 is 0 Å². The lowest BCUT2D eigenvalue weighted by Crippen LogP contribution is -2.29. The molecule has 0 aromatic carbocycles. The number of aliphatic hydroxyl groups is 2. The van der Waals surface area contributed by atoms with Gasteiger partial charge in [-0.25, -0.2) is 9.97 Å². The highest BCUT2D eigenvalue weighted by Gasteiger charge is 2.43. The highest BCUT2D eigenvalue weighted by molar-refractivity contribution is 5.89. The van der Waals surface area contributed by atoms with Crippen LogP contribution in [-0.4, -0.2) is 54.3 Å². The van der Waals surface area contributed by atoms with Gasteiger partial charge in [-0.2, -0.15) is 0 Å². The molecule has 0 radical (unpaired) electrons. The molecule has 3 unspecified atom stereocenters. The number of aliphatic hydroxyl groups excluding tert-OH is 2. The first kappa shape index (κ1) is 12.0. The van der Waals surface area contributed by atoms with Crippen molar-refractivity contribution in [3.05, 3.63) is 23.0 Å². The summed E-state index contributed by atoms with van der Waals surface area (Å²) < 4.78 is 6.50. The first-order valence-electron chi connectivity index (χ1n) is 5.52. The second kappa shape index (κ2) is 4.23. The average molecular weight is 266 g/mol. The Kier molecular flexibility index (Phi) is 2.66. The van der Waals surface area contributed by atoms with E-state index in [2.05, 4.69) is 15.0 Å². The van der Waals surface area contributed by atoms with Crippen molar-refractivity contribution < 1.29 is 19.7 Å². The van der Waals surface area contributed by atoms with Crippen LogP contribution < -0.4 is 5.56 Å². The number of aromatic amines is 1. The molecule has 0 aliphatic carbocycles. The van der Waals surface area contributed by atoms with Gasteiger partial charge in [0.25, 0.3) is 5.56 Å². The summed E-state index contributed by atoms with van der Waals surface area (Å²) in [6, 6.07) is 0. The number of nitrogens with one attached hydrogen (secondary N) is 1. The van der Waals surface area contributed by atoms with E-state index in [0.29, 0.717) is 0 Å². The van der Waals surface area contributed by atoms with Crippen molar-refractivity contribution in [2.75, 3.05) is 6.61 Å². The zero-order chi connectivity index (χ0) is 13.6. The van der Waals surface area contributed by atoms with E-state index in [0.717, 1.165) is 0 Å². The monoisotopic (exact) mass is 266 g/mol. The quantitative estimate of drug-likeness (QED) is 0.569. The van der Waals surface area contributed by atoms with Crippen LogP contribution >= 0.6 is 0 Å². The van der Waals surface area contributed by atoms with Crippen LogP contribution in [0.25, 0.3) is 11.2 Å². The summed E-state index contributed by atoms with van der Waals surface area (Å²) in [4.78, 5) is 33.5. The van der Waals surface area contributed by atoms with Gasteiger partial charge in [0.1, 0.15) is 12.2 Å². The van der Waals surface area contributed by atoms with E-state index < -0.39 is 36.4 Å². The Bertz CT molecular complexity index is 693. The molecule has 0 spiro atoms. The average Bonchev–Trinajstić information content (AvgIpc) is 2.94. The van der Waals surface area contributed by atoms with Crippen LogP contribution in [0.15, 0.2) is 17.4 Å². The van der Waals surface area contributed by atoms with E-state index in [-0.39, 0.29) is 11.2 Å². The van der Waals surface area contributed by atoms with Gasteiger partial charge in [0.2, 0.25) is 5.78 Å². The van der Waals surface area contributed by atoms with Crippen molar-refractivity contribution >= 4 is 16.9 Å². The second-order valence-corrected chi connectivity index (χ2v) is 4.11. The minimum absolute atomic E-state index is 0.0702. The first-order valence-corrected chi connectivity index (χ1v) is 5.52. The fourth-order valence-electron chi connectivity index (χ4n) is 2.02. The minimum atomic E-state index is -1.41. The molecule has 1 fully saturated rings. The molecule has 2 aromatic rings. The number of rotatable bonds is 2. The summed E-state index contributed by atoms with van der Waals surface area (Å²) in [6.45, 7) is -0.482. The van der Waals surface area contributed by atoms with Gasteiger partial charge in [-0.15, -0.1) is 0 Å². The zero-order valence-electron chi connectivity index (χ0n) is 9.55. The molecule has 19 heavy (non-hydrogen) atoms. The van der Waals surface area contributed by atoms with Crippen LogP contribution in [0.2, 0.25) is 0 Å². The Labute approximate surface area is 105 Å². The maximum absolute atomic E-state index is 11.9. The predicted octanol–water partition coefficient (Wildman–Crippen LogP) is -2.06. The fourth-order valence-corrected chi connectivity index (χ4v) is 2.02. The van der Waals surface area contributed by atoms with Gasteiger partial charge in [-0.3, -0.25) is 14.2 Å². The normalized spacial score (nSPS) is 27.3. The molecule has 2 aromatic heterocycles. The van der Waals surface area contributed by atoms with Crippen LogP contribution in [0, 0.1) is 0 Å². The van der Waals surface area contributed by atoms with Crippen LogP contribution in [-0.2, 0) is 9.53 Å². The minimum Gasteiger partial charge on any atom is -0.394 e. The number of fused-ring (bicyclic) bond motifs is 1. The van der Waals surface area contributed by atoms with Gasteiger partial charge in [0.15, 0.2) is 17.4 Å². The van der Waals surface area contributed by atoms with E-state index in [4.69, 9.17) is 9.84 Å². The van der Waals surface area contributed by atoms with Gasteiger partial charge >= 0.3 is 0 Å². The van der Waals surface area contributed by atoms with Gasteiger partial charge in [-0.1, -0.05) is 0 Å². The molecule has 1 aliphatic heterocycles. The molecule has 3 heterocycles. The van der Waals surface area contributed by atoms with Crippen molar-refractivity contribution in [1.29, 1.82) is 0 Å². The zero-order valence-corrected chi connectivity index (χ0v) is 9.55. The topological polar surface area (TPSA) is 130 Å². The number of nitrogens with zero attached hydrogens (tertiary/aromatic N) is 3. The Morgan fingerprint density at radius 3 is 2.89 bits per heavy atom. The maximum atomic E-state index is 11.9. The van der Waals surface area contributed by atoms with E-state index in [1.54, 1.807) is 0 Å². The number of ketones is 1. The third kappa shape index (κ3) is 1.67. The lowest BCUT2D eigenvalue weighted by Gasteiger charge is -2.11. The van der Waals surface area contributed by atoms with Gasteiger partial charge in [-0.05, 0) is 0 Å². The number of ether oxygens (including phenoxy) is 1. The molecule has 3 rings (SSSR count). The molecule has 0 saturated carbocycles. The summed E-state index contributed by atoms with van der Waals surface area (Å²) in [5.74, 6) is -0.611. The molecule has 0 amide bonds. The number of carbonyl (C=O) groups excluding carboxylic acids is 1. The molecule has 1 aliphatic rings. The van der Waals surface area contributed by atoms with E-state index in [9.17, 15) is 14.7 Å². The molecule has 0 bridgehead atoms.